The molecule has 0 aliphatic carbocycles. The number of rotatable bonds is 4. The van der Waals surface area contributed by atoms with Gasteiger partial charge in [-0.2, -0.15) is 0 Å². The first-order valence-electron chi connectivity index (χ1n) is 17.8. The Morgan fingerprint density at radius 1 is 0.346 bits per heavy atom. The van der Waals surface area contributed by atoms with Crippen molar-refractivity contribution in [3.63, 3.8) is 0 Å². The van der Waals surface area contributed by atoms with E-state index in [9.17, 15) is 0 Å². The average molecular weight is 678 g/mol. The summed E-state index contributed by atoms with van der Waals surface area (Å²) in [7, 11) is 0. The second-order valence-corrected chi connectivity index (χ2v) is 14.7. The van der Waals surface area contributed by atoms with Gasteiger partial charge in [0.05, 0.1) is 11.4 Å². The maximum absolute atomic E-state index is 2.49. The highest BCUT2D eigenvalue weighted by molar-refractivity contribution is 7.26. The molecule has 1 nitrogen and oxygen atoms in total. The third-order valence-electron chi connectivity index (χ3n) is 10.8. The monoisotopic (exact) mass is 677 g/mol. The van der Waals surface area contributed by atoms with Crippen LogP contribution in [0.1, 0.15) is 0 Å². The van der Waals surface area contributed by atoms with E-state index < -0.39 is 0 Å². The second-order valence-electron chi connectivity index (χ2n) is 13.7. The molecule has 0 saturated carbocycles. The predicted molar refractivity (Wildman–Crippen MR) is 227 cm³/mol. The molecule has 242 valence electrons. The summed E-state index contributed by atoms with van der Waals surface area (Å²) in [5.74, 6) is 0. The Balaban J connectivity index is 1.22. The molecule has 0 saturated heterocycles. The Morgan fingerprint density at radius 3 is 1.81 bits per heavy atom. The quantitative estimate of drug-likeness (QED) is 0.168. The lowest BCUT2D eigenvalue weighted by atomic mass is 9.91. The van der Waals surface area contributed by atoms with Crippen LogP contribution in [0.2, 0.25) is 0 Å². The fourth-order valence-electron chi connectivity index (χ4n) is 8.46. The molecular weight excluding hydrogens is 647 g/mol. The first-order valence-corrected chi connectivity index (χ1v) is 18.7. The molecule has 0 aliphatic heterocycles. The van der Waals surface area contributed by atoms with Crippen molar-refractivity contribution >= 4 is 102 Å². The molecule has 0 amide bonds. The summed E-state index contributed by atoms with van der Waals surface area (Å²) in [6.07, 6.45) is 0. The van der Waals surface area contributed by atoms with Crippen LogP contribution < -0.4 is 4.90 Å². The molecule has 11 aromatic rings. The number of hydrogen-bond acceptors (Lipinski definition) is 2. The highest BCUT2D eigenvalue weighted by atomic mass is 32.1. The predicted octanol–water partition coefficient (Wildman–Crippen LogP) is 15.0. The Morgan fingerprint density at radius 2 is 0.942 bits per heavy atom. The highest BCUT2D eigenvalue weighted by Crippen LogP contribution is 2.47. The molecule has 11 rings (SSSR count). The molecule has 0 radical (unpaired) electrons. The summed E-state index contributed by atoms with van der Waals surface area (Å²) >= 11 is 1.88. The smallest absolute Gasteiger partial charge is 0.0546 e. The van der Waals surface area contributed by atoms with E-state index in [2.05, 4.69) is 193 Å². The van der Waals surface area contributed by atoms with Crippen LogP contribution in [0.25, 0.3) is 85.2 Å². The fourth-order valence-corrected chi connectivity index (χ4v) is 9.70. The summed E-state index contributed by atoms with van der Waals surface area (Å²) in [6.45, 7) is 0. The molecule has 52 heavy (non-hydrogen) atoms. The molecule has 0 bridgehead atoms. The van der Waals surface area contributed by atoms with Crippen molar-refractivity contribution in [3.8, 4) is 11.1 Å². The Kier molecular flexibility index (Phi) is 6.49. The van der Waals surface area contributed by atoms with Crippen LogP contribution in [-0.2, 0) is 0 Å². The molecule has 0 fully saturated rings. The third-order valence-corrected chi connectivity index (χ3v) is 12.0. The summed E-state index contributed by atoms with van der Waals surface area (Å²) < 4.78 is 2.65. The van der Waals surface area contributed by atoms with E-state index in [4.69, 9.17) is 0 Å². The Bertz CT molecular complexity index is 3200. The van der Waals surface area contributed by atoms with Crippen LogP contribution in [0.15, 0.2) is 188 Å². The van der Waals surface area contributed by atoms with Gasteiger partial charge in [0.25, 0.3) is 0 Å². The van der Waals surface area contributed by atoms with Gasteiger partial charge >= 0.3 is 0 Å². The van der Waals surface area contributed by atoms with Gasteiger partial charge in [0.1, 0.15) is 0 Å². The van der Waals surface area contributed by atoms with Crippen molar-refractivity contribution < 1.29 is 0 Å². The second kappa shape index (κ2) is 11.5. The minimum atomic E-state index is 1.13. The summed E-state index contributed by atoms with van der Waals surface area (Å²) in [6, 6.07) is 69.3. The van der Waals surface area contributed by atoms with Gasteiger partial charge in [0, 0.05) is 36.6 Å². The van der Waals surface area contributed by atoms with E-state index in [1.807, 2.05) is 11.3 Å². The van der Waals surface area contributed by atoms with Crippen molar-refractivity contribution in [2.75, 3.05) is 4.90 Å². The topological polar surface area (TPSA) is 3.24 Å². The minimum absolute atomic E-state index is 1.13. The van der Waals surface area contributed by atoms with E-state index in [1.165, 1.54) is 85.2 Å². The van der Waals surface area contributed by atoms with Crippen LogP contribution in [0.5, 0.6) is 0 Å². The highest BCUT2D eigenvalue weighted by Gasteiger charge is 2.21. The van der Waals surface area contributed by atoms with E-state index in [0.29, 0.717) is 0 Å². The van der Waals surface area contributed by atoms with Crippen LogP contribution in [0.4, 0.5) is 17.1 Å². The third kappa shape index (κ3) is 4.41. The molecule has 0 aliphatic rings. The van der Waals surface area contributed by atoms with Gasteiger partial charge in [-0.1, -0.05) is 158 Å². The van der Waals surface area contributed by atoms with E-state index in [0.717, 1.165) is 17.1 Å². The zero-order chi connectivity index (χ0) is 34.2. The summed E-state index contributed by atoms with van der Waals surface area (Å²) in [4.78, 5) is 2.49. The molecule has 1 heterocycles. The maximum Gasteiger partial charge on any atom is 0.0546 e. The molecule has 0 atom stereocenters. The first-order chi connectivity index (χ1) is 25.8. The van der Waals surface area contributed by atoms with E-state index in [-0.39, 0.29) is 0 Å². The first kappa shape index (κ1) is 29.3. The van der Waals surface area contributed by atoms with Gasteiger partial charge in [-0.15, -0.1) is 11.3 Å². The van der Waals surface area contributed by atoms with E-state index in [1.54, 1.807) is 0 Å². The summed E-state index contributed by atoms with van der Waals surface area (Å²) in [5.41, 5.74) is 5.92. The molecular formula is C50H31NS. The minimum Gasteiger partial charge on any atom is -0.309 e. The normalized spacial score (nSPS) is 11.8. The fraction of sp³-hybridized carbons (Fsp3) is 0. The maximum atomic E-state index is 2.49. The largest absolute Gasteiger partial charge is 0.309 e. The molecule has 2 heteroatoms. The van der Waals surface area contributed by atoms with Crippen molar-refractivity contribution in [2.24, 2.45) is 0 Å². The standard InChI is InChI=1S/C50H31NS/c1-3-17-38-32(12-1)14-10-24-45(38)51(37-16-9-15-35(30-37)40-22-11-23-44-42-20-7-8-25-47(42)52-50(40)44)46-31-36-29-28-34-27-26-33-13-2-4-18-39(33)48(34)49(36)43-21-6-5-19-41(43)46/h1-31H. The Hall–Kier alpha value is -6.48. The number of benzene rings is 10. The van der Waals surface area contributed by atoms with Gasteiger partial charge in [-0.05, 0) is 84.5 Å². The van der Waals surface area contributed by atoms with Crippen LogP contribution in [-0.4, -0.2) is 0 Å². The van der Waals surface area contributed by atoms with E-state index >= 15 is 0 Å². The lowest BCUT2D eigenvalue weighted by Gasteiger charge is -2.29. The van der Waals surface area contributed by atoms with Crippen molar-refractivity contribution in [1.29, 1.82) is 0 Å². The van der Waals surface area contributed by atoms with Gasteiger partial charge in [0.15, 0.2) is 0 Å². The number of thiophene rings is 1. The summed E-state index contributed by atoms with van der Waals surface area (Å²) in [5, 5.41) is 15.2. The number of fused-ring (bicyclic) bond motifs is 11. The lowest BCUT2D eigenvalue weighted by Crippen LogP contribution is -2.11. The zero-order valence-corrected chi connectivity index (χ0v) is 29.1. The van der Waals surface area contributed by atoms with Crippen LogP contribution >= 0.6 is 11.3 Å². The molecule has 0 spiro atoms. The molecule has 10 aromatic carbocycles. The average Bonchev–Trinajstić information content (AvgIpc) is 3.60. The molecule has 0 N–H and O–H groups in total. The number of hydrogen-bond donors (Lipinski definition) is 0. The van der Waals surface area contributed by atoms with Crippen molar-refractivity contribution in [3.05, 3.63) is 188 Å². The van der Waals surface area contributed by atoms with Crippen molar-refractivity contribution in [2.45, 2.75) is 0 Å². The SMILES string of the molecule is c1cc(-c2cccc3c2sc2ccccc23)cc(N(c2cccc3ccccc23)c2cc3ccc4ccc5ccccc5c4c3c3ccccc23)c1. The zero-order valence-electron chi connectivity index (χ0n) is 28.3. The molecule has 1 aromatic heterocycles. The van der Waals surface area contributed by atoms with Gasteiger partial charge in [-0.25, -0.2) is 0 Å². The van der Waals surface area contributed by atoms with Gasteiger partial charge in [0.2, 0.25) is 0 Å². The van der Waals surface area contributed by atoms with Gasteiger partial charge in [-0.3, -0.25) is 0 Å². The number of anilines is 3. The van der Waals surface area contributed by atoms with Gasteiger partial charge < -0.3 is 4.90 Å². The van der Waals surface area contributed by atoms with Crippen LogP contribution in [0.3, 0.4) is 0 Å². The Labute approximate surface area is 305 Å². The lowest BCUT2D eigenvalue weighted by molar-refractivity contribution is 1.32. The van der Waals surface area contributed by atoms with Crippen LogP contribution in [0, 0.1) is 0 Å². The van der Waals surface area contributed by atoms with Crippen molar-refractivity contribution in [1.82, 2.24) is 0 Å². The molecule has 0 unspecified atom stereocenters. The number of nitrogens with zero attached hydrogens (tertiary/aromatic N) is 1.